The van der Waals surface area contributed by atoms with Crippen molar-refractivity contribution in [3.8, 4) is 0 Å². The molecule has 0 aromatic carbocycles. The van der Waals surface area contributed by atoms with Gasteiger partial charge in [-0.2, -0.15) is 0 Å². The molecule has 20 heavy (non-hydrogen) atoms. The fourth-order valence-electron chi connectivity index (χ4n) is 0.642. The molecule has 0 heterocycles. The lowest BCUT2D eigenvalue weighted by Crippen LogP contribution is -2.06. The zero-order valence-electron chi connectivity index (χ0n) is 11.4. The van der Waals surface area contributed by atoms with Crippen molar-refractivity contribution in [1.29, 1.82) is 0 Å². The van der Waals surface area contributed by atoms with Gasteiger partial charge in [0.1, 0.15) is 0 Å². The SMILES string of the molecule is CC(C(=O)O)=C(C)C(=O)O.CC(C(=O)O)=C(C)C(=O)O. The van der Waals surface area contributed by atoms with Gasteiger partial charge in [-0.3, -0.25) is 0 Å². The van der Waals surface area contributed by atoms with E-state index in [1.54, 1.807) is 0 Å². The van der Waals surface area contributed by atoms with Crippen molar-refractivity contribution in [3.63, 3.8) is 0 Å². The Hall–Kier alpha value is -2.64. The summed E-state index contributed by atoms with van der Waals surface area (Å²) in [7, 11) is 0. The third-order valence-corrected chi connectivity index (χ3v) is 2.41. The first-order valence-electron chi connectivity index (χ1n) is 5.21. The van der Waals surface area contributed by atoms with Crippen LogP contribution in [0, 0.1) is 0 Å². The largest absolute Gasteiger partial charge is 0.478 e. The third-order valence-electron chi connectivity index (χ3n) is 2.41. The second kappa shape index (κ2) is 8.46. The van der Waals surface area contributed by atoms with Crippen LogP contribution in [0.1, 0.15) is 27.7 Å². The highest BCUT2D eigenvalue weighted by Gasteiger charge is 2.10. The molecule has 0 spiro atoms. The number of aliphatic carboxylic acids is 4. The first-order valence-corrected chi connectivity index (χ1v) is 5.21. The number of rotatable bonds is 4. The van der Waals surface area contributed by atoms with Gasteiger partial charge in [0.2, 0.25) is 0 Å². The van der Waals surface area contributed by atoms with Crippen LogP contribution in [-0.2, 0) is 19.2 Å². The molecule has 0 fully saturated rings. The molecule has 0 radical (unpaired) electrons. The van der Waals surface area contributed by atoms with Gasteiger partial charge in [-0.25, -0.2) is 19.2 Å². The van der Waals surface area contributed by atoms with E-state index in [2.05, 4.69) is 0 Å². The van der Waals surface area contributed by atoms with Gasteiger partial charge >= 0.3 is 23.9 Å². The van der Waals surface area contributed by atoms with Gasteiger partial charge in [-0.1, -0.05) is 0 Å². The summed E-state index contributed by atoms with van der Waals surface area (Å²) in [5.41, 5.74) is -0.528. The lowest BCUT2D eigenvalue weighted by Gasteiger charge is -1.95. The Bertz CT molecular complexity index is 406. The van der Waals surface area contributed by atoms with E-state index in [1.807, 2.05) is 0 Å². The molecule has 8 heteroatoms. The topological polar surface area (TPSA) is 149 Å². The quantitative estimate of drug-likeness (QED) is 0.559. The van der Waals surface area contributed by atoms with Gasteiger partial charge < -0.3 is 20.4 Å². The Morgan fingerprint density at radius 1 is 0.450 bits per heavy atom. The fourth-order valence-corrected chi connectivity index (χ4v) is 0.642. The van der Waals surface area contributed by atoms with Crippen molar-refractivity contribution < 1.29 is 39.6 Å². The summed E-state index contributed by atoms with van der Waals surface area (Å²) in [5, 5.41) is 33.1. The maximum Gasteiger partial charge on any atom is 0.331 e. The second-order valence-electron chi connectivity index (χ2n) is 3.72. The number of hydrogen-bond donors (Lipinski definition) is 4. The number of carboxylic acid groups (broad SMARTS) is 4. The van der Waals surface area contributed by atoms with Crippen molar-refractivity contribution >= 4 is 23.9 Å². The predicted molar refractivity (Wildman–Crippen MR) is 67.3 cm³/mol. The molecule has 0 bridgehead atoms. The standard InChI is InChI=1S/2C6H8O4/c2*1-3(5(7)8)4(2)6(9)10/h2*1-2H3,(H,7,8)(H,9,10). The summed E-state index contributed by atoms with van der Waals surface area (Å²) in [6.45, 7) is 5.02. The molecule has 0 aromatic rings. The van der Waals surface area contributed by atoms with Crippen molar-refractivity contribution in [2.45, 2.75) is 27.7 Å². The van der Waals surface area contributed by atoms with Crippen LogP contribution in [-0.4, -0.2) is 44.3 Å². The minimum Gasteiger partial charge on any atom is -0.478 e. The number of carbonyl (C=O) groups is 4. The van der Waals surface area contributed by atoms with E-state index in [-0.39, 0.29) is 22.3 Å². The third kappa shape index (κ3) is 6.94. The van der Waals surface area contributed by atoms with Crippen LogP contribution in [0.2, 0.25) is 0 Å². The Morgan fingerprint density at radius 2 is 0.550 bits per heavy atom. The molecule has 0 atom stereocenters. The first-order chi connectivity index (χ1) is 8.93. The number of hydrogen-bond acceptors (Lipinski definition) is 4. The van der Waals surface area contributed by atoms with Crippen LogP contribution >= 0.6 is 0 Å². The monoisotopic (exact) mass is 288 g/mol. The van der Waals surface area contributed by atoms with Gasteiger partial charge in [-0.15, -0.1) is 0 Å². The van der Waals surface area contributed by atoms with Gasteiger partial charge in [0.05, 0.1) is 0 Å². The number of carboxylic acids is 4. The van der Waals surface area contributed by atoms with E-state index in [4.69, 9.17) is 20.4 Å². The molecule has 0 aliphatic rings. The van der Waals surface area contributed by atoms with E-state index < -0.39 is 23.9 Å². The molecule has 0 aliphatic heterocycles. The van der Waals surface area contributed by atoms with Gasteiger partial charge in [0.25, 0.3) is 0 Å². The van der Waals surface area contributed by atoms with E-state index in [1.165, 1.54) is 27.7 Å². The van der Waals surface area contributed by atoms with Crippen molar-refractivity contribution in [2.24, 2.45) is 0 Å². The fraction of sp³-hybridized carbons (Fsp3) is 0.333. The highest BCUT2D eigenvalue weighted by atomic mass is 16.4. The van der Waals surface area contributed by atoms with Crippen LogP contribution < -0.4 is 0 Å². The molecular weight excluding hydrogens is 272 g/mol. The first kappa shape index (κ1) is 19.7. The molecule has 0 aromatic heterocycles. The molecule has 0 amide bonds. The Balaban J connectivity index is 0. The summed E-state index contributed by atoms with van der Waals surface area (Å²) in [4.78, 5) is 40.5. The van der Waals surface area contributed by atoms with Gasteiger partial charge in [0.15, 0.2) is 0 Å². The lowest BCUT2D eigenvalue weighted by molar-refractivity contribution is -0.135. The van der Waals surface area contributed by atoms with E-state index in [9.17, 15) is 19.2 Å². The second-order valence-corrected chi connectivity index (χ2v) is 3.72. The van der Waals surface area contributed by atoms with Crippen LogP contribution in [0.25, 0.3) is 0 Å². The van der Waals surface area contributed by atoms with E-state index >= 15 is 0 Å². The average Bonchev–Trinajstić information content (AvgIpc) is 2.35. The van der Waals surface area contributed by atoms with Crippen molar-refractivity contribution in [3.05, 3.63) is 22.3 Å². The maximum absolute atomic E-state index is 10.1. The van der Waals surface area contributed by atoms with Crippen LogP contribution in [0.15, 0.2) is 22.3 Å². The molecule has 0 unspecified atom stereocenters. The van der Waals surface area contributed by atoms with Crippen molar-refractivity contribution in [2.75, 3.05) is 0 Å². The summed E-state index contributed by atoms with van der Waals surface area (Å²) in [6, 6.07) is 0. The summed E-state index contributed by atoms with van der Waals surface area (Å²) >= 11 is 0. The molecule has 0 saturated carbocycles. The minimum atomic E-state index is -1.19. The molecule has 0 aliphatic carbocycles. The Kier molecular flexibility index (Phi) is 8.33. The molecular formula is C12H16O8. The van der Waals surface area contributed by atoms with Crippen LogP contribution in [0.5, 0.6) is 0 Å². The van der Waals surface area contributed by atoms with E-state index in [0.29, 0.717) is 0 Å². The predicted octanol–water partition coefficient (Wildman–Crippen LogP) is 0.984. The average molecular weight is 288 g/mol. The summed E-state index contributed by atoms with van der Waals surface area (Å²) in [6.07, 6.45) is 0. The summed E-state index contributed by atoms with van der Waals surface area (Å²) < 4.78 is 0. The molecule has 0 rings (SSSR count). The molecule has 112 valence electrons. The van der Waals surface area contributed by atoms with Crippen LogP contribution in [0.4, 0.5) is 0 Å². The smallest absolute Gasteiger partial charge is 0.331 e. The Morgan fingerprint density at radius 3 is 0.600 bits per heavy atom. The van der Waals surface area contributed by atoms with E-state index in [0.717, 1.165) is 0 Å². The molecule has 4 N–H and O–H groups in total. The highest BCUT2D eigenvalue weighted by molar-refractivity contribution is 5.98. The summed E-state index contributed by atoms with van der Waals surface area (Å²) in [5.74, 6) is -4.78. The zero-order valence-corrected chi connectivity index (χ0v) is 11.4. The van der Waals surface area contributed by atoms with Gasteiger partial charge in [0, 0.05) is 22.3 Å². The lowest BCUT2D eigenvalue weighted by atomic mass is 10.1. The Labute approximate surface area is 114 Å². The van der Waals surface area contributed by atoms with Crippen LogP contribution in [0.3, 0.4) is 0 Å². The maximum atomic E-state index is 10.1. The zero-order chi connectivity index (χ0) is 16.6. The van der Waals surface area contributed by atoms with Gasteiger partial charge in [-0.05, 0) is 27.7 Å². The molecule has 8 nitrogen and oxygen atoms in total. The highest BCUT2D eigenvalue weighted by Crippen LogP contribution is 2.02. The minimum absolute atomic E-state index is 0.132. The molecule has 0 saturated heterocycles. The normalized spacial score (nSPS) is 12.2. The van der Waals surface area contributed by atoms with Crippen molar-refractivity contribution in [1.82, 2.24) is 0 Å².